The minimum Gasteiger partial charge on any atom is -0.504 e. The van der Waals surface area contributed by atoms with E-state index in [0.29, 0.717) is 6.29 Å². The summed E-state index contributed by atoms with van der Waals surface area (Å²) >= 11 is 0. The molecule has 0 aliphatic heterocycles. The molecule has 0 aliphatic carbocycles. The lowest BCUT2D eigenvalue weighted by molar-refractivity contribution is 0.0132. The highest BCUT2D eigenvalue weighted by Gasteiger charge is 2.25. The van der Waals surface area contributed by atoms with Crippen LogP contribution < -0.4 is 10.5 Å². The number of carbonyl (C=O) groups is 1. The van der Waals surface area contributed by atoms with Gasteiger partial charge in [-0.3, -0.25) is 4.79 Å². The van der Waals surface area contributed by atoms with Crippen molar-refractivity contribution in [2.75, 3.05) is 13.7 Å². The van der Waals surface area contributed by atoms with Crippen molar-refractivity contribution in [2.24, 2.45) is 5.73 Å². The maximum atomic E-state index is 10.9. The smallest absolute Gasteiger partial charge is 0.164 e. The van der Waals surface area contributed by atoms with Crippen LogP contribution in [0.1, 0.15) is 28.4 Å². The second-order valence-corrected chi connectivity index (χ2v) is 3.83. The van der Waals surface area contributed by atoms with E-state index in [2.05, 4.69) is 0 Å². The van der Waals surface area contributed by atoms with Crippen molar-refractivity contribution in [3.05, 3.63) is 23.3 Å². The van der Waals surface area contributed by atoms with Crippen molar-refractivity contribution < 1.29 is 24.9 Å². The Balaban J connectivity index is 3.23. The molecule has 6 nitrogen and oxygen atoms in total. The molecule has 0 radical (unpaired) electrons. The Morgan fingerprint density at radius 2 is 2.11 bits per heavy atom. The van der Waals surface area contributed by atoms with E-state index >= 15 is 0 Å². The summed E-state index contributed by atoms with van der Waals surface area (Å²) in [4.78, 5) is 10.9. The number of methoxy groups -OCH3 is 1. The highest BCUT2D eigenvalue weighted by molar-refractivity contribution is 5.80. The molecule has 100 valence electrons. The van der Waals surface area contributed by atoms with E-state index in [1.807, 2.05) is 0 Å². The van der Waals surface area contributed by atoms with Gasteiger partial charge in [0.05, 0.1) is 13.2 Å². The maximum absolute atomic E-state index is 10.9. The summed E-state index contributed by atoms with van der Waals surface area (Å²) in [6, 6.07) is 2.81. The van der Waals surface area contributed by atoms with Gasteiger partial charge in [0.1, 0.15) is 6.10 Å². The zero-order valence-corrected chi connectivity index (χ0v) is 10.0. The number of aliphatic hydroxyl groups excluding tert-OH is 2. The highest BCUT2D eigenvalue weighted by atomic mass is 16.5. The van der Waals surface area contributed by atoms with Gasteiger partial charge in [-0.15, -0.1) is 0 Å². The van der Waals surface area contributed by atoms with E-state index < -0.39 is 12.2 Å². The minimum absolute atomic E-state index is 0.0506. The Labute approximate surface area is 105 Å². The molecule has 6 heteroatoms. The number of phenolic OH excluding ortho intramolecular Hbond substituents is 1. The zero-order chi connectivity index (χ0) is 13.7. The van der Waals surface area contributed by atoms with Crippen LogP contribution in [0.4, 0.5) is 0 Å². The summed E-state index contributed by atoms with van der Waals surface area (Å²) in [6.45, 7) is 0.180. The molecule has 1 rings (SSSR count). The summed E-state index contributed by atoms with van der Waals surface area (Å²) in [6.07, 6.45) is -1.92. The molecule has 2 unspecified atom stereocenters. The summed E-state index contributed by atoms with van der Waals surface area (Å²) < 4.78 is 4.89. The van der Waals surface area contributed by atoms with Gasteiger partial charge < -0.3 is 25.8 Å². The molecule has 0 fully saturated rings. The third-order valence-electron chi connectivity index (χ3n) is 2.68. The molecular formula is C12H17NO5. The van der Waals surface area contributed by atoms with E-state index in [1.165, 1.54) is 19.2 Å². The van der Waals surface area contributed by atoms with Gasteiger partial charge in [-0.1, -0.05) is 0 Å². The Morgan fingerprint density at radius 1 is 1.44 bits per heavy atom. The number of aliphatic hydroxyl groups is 2. The summed E-state index contributed by atoms with van der Waals surface area (Å²) in [5.74, 6) is -0.236. The van der Waals surface area contributed by atoms with E-state index in [9.17, 15) is 20.1 Å². The van der Waals surface area contributed by atoms with Crippen LogP contribution in [0.25, 0.3) is 0 Å². The van der Waals surface area contributed by atoms with Crippen molar-refractivity contribution in [3.8, 4) is 11.5 Å². The molecule has 2 atom stereocenters. The van der Waals surface area contributed by atoms with Crippen molar-refractivity contribution in [1.82, 2.24) is 0 Å². The van der Waals surface area contributed by atoms with Gasteiger partial charge in [-0.25, -0.2) is 0 Å². The predicted octanol–water partition coefficient (Wildman–Crippen LogP) is -0.0436. The van der Waals surface area contributed by atoms with Crippen LogP contribution in [-0.4, -0.2) is 41.4 Å². The largest absolute Gasteiger partial charge is 0.504 e. The highest BCUT2D eigenvalue weighted by Crippen LogP contribution is 2.37. The van der Waals surface area contributed by atoms with Crippen LogP contribution in [0.2, 0.25) is 0 Å². The van der Waals surface area contributed by atoms with Crippen molar-refractivity contribution in [2.45, 2.75) is 18.6 Å². The molecule has 0 bridgehead atoms. The van der Waals surface area contributed by atoms with Crippen LogP contribution in [0.15, 0.2) is 12.1 Å². The fourth-order valence-electron chi connectivity index (χ4n) is 1.70. The normalized spacial score (nSPS) is 14.0. The average Bonchev–Trinajstić information content (AvgIpc) is 2.37. The number of aldehydes is 1. The lowest BCUT2D eigenvalue weighted by Gasteiger charge is -2.21. The number of hydrogen-bond donors (Lipinski definition) is 4. The molecule has 0 saturated heterocycles. The standard InChI is InChI=1S/C12H17NO5/c1-18-9-3-2-7(6-14)10(12(9)17)11(16)8(15)4-5-13/h2-3,6,8,11,15-17H,4-5,13H2,1H3. The van der Waals surface area contributed by atoms with Crippen LogP contribution in [0.5, 0.6) is 11.5 Å². The van der Waals surface area contributed by atoms with E-state index in [1.54, 1.807) is 0 Å². The lowest BCUT2D eigenvalue weighted by Crippen LogP contribution is -2.23. The number of hydrogen-bond acceptors (Lipinski definition) is 6. The van der Waals surface area contributed by atoms with Gasteiger partial charge >= 0.3 is 0 Å². The molecule has 0 saturated carbocycles. The molecule has 0 amide bonds. The molecule has 0 heterocycles. The molecule has 5 N–H and O–H groups in total. The fourth-order valence-corrected chi connectivity index (χ4v) is 1.70. The fraction of sp³-hybridized carbons (Fsp3) is 0.417. The molecule has 0 aromatic heterocycles. The summed E-state index contributed by atoms with van der Waals surface area (Å²) in [5, 5.41) is 29.5. The topological polar surface area (TPSA) is 113 Å². The molecule has 18 heavy (non-hydrogen) atoms. The van der Waals surface area contributed by atoms with Crippen LogP contribution in [0.3, 0.4) is 0 Å². The van der Waals surface area contributed by atoms with Gasteiger partial charge in [0.25, 0.3) is 0 Å². The number of benzene rings is 1. The maximum Gasteiger partial charge on any atom is 0.164 e. The number of ether oxygens (including phenoxy) is 1. The number of phenols is 1. The number of rotatable bonds is 6. The SMILES string of the molecule is COc1ccc(C=O)c(C(O)C(O)CCN)c1O. The first-order valence-electron chi connectivity index (χ1n) is 5.48. The van der Waals surface area contributed by atoms with Crippen LogP contribution in [-0.2, 0) is 0 Å². The predicted molar refractivity (Wildman–Crippen MR) is 64.7 cm³/mol. The van der Waals surface area contributed by atoms with E-state index in [0.717, 1.165) is 0 Å². The molecule has 0 spiro atoms. The average molecular weight is 255 g/mol. The quantitative estimate of drug-likeness (QED) is 0.530. The zero-order valence-electron chi connectivity index (χ0n) is 10.0. The third kappa shape index (κ3) is 2.79. The Kier molecular flexibility index (Phi) is 5.08. The third-order valence-corrected chi connectivity index (χ3v) is 2.68. The lowest BCUT2D eigenvalue weighted by atomic mass is 9.96. The molecule has 1 aromatic rings. The summed E-state index contributed by atoms with van der Waals surface area (Å²) in [5.41, 5.74) is 5.33. The molecule has 1 aromatic carbocycles. The second kappa shape index (κ2) is 6.34. The first kappa shape index (κ1) is 14.4. The Morgan fingerprint density at radius 3 is 2.61 bits per heavy atom. The second-order valence-electron chi connectivity index (χ2n) is 3.83. The first-order valence-corrected chi connectivity index (χ1v) is 5.48. The number of nitrogens with two attached hydrogens (primary N) is 1. The summed E-state index contributed by atoms with van der Waals surface area (Å²) in [7, 11) is 1.35. The number of aromatic hydroxyl groups is 1. The molecular weight excluding hydrogens is 238 g/mol. The monoisotopic (exact) mass is 255 g/mol. The van der Waals surface area contributed by atoms with Gasteiger partial charge in [-0.05, 0) is 25.1 Å². The van der Waals surface area contributed by atoms with Gasteiger partial charge in [0.15, 0.2) is 17.8 Å². The number of carbonyl (C=O) groups excluding carboxylic acids is 1. The minimum atomic E-state index is -1.40. The van der Waals surface area contributed by atoms with Gasteiger partial charge in [-0.2, -0.15) is 0 Å². The first-order chi connectivity index (χ1) is 8.56. The Bertz CT molecular complexity index is 421. The van der Waals surface area contributed by atoms with Crippen LogP contribution in [0, 0.1) is 0 Å². The molecule has 0 aliphatic rings. The van der Waals surface area contributed by atoms with Gasteiger partial charge in [0.2, 0.25) is 0 Å². The van der Waals surface area contributed by atoms with E-state index in [4.69, 9.17) is 10.5 Å². The van der Waals surface area contributed by atoms with Gasteiger partial charge in [0, 0.05) is 11.1 Å². The van der Waals surface area contributed by atoms with Crippen LogP contribution >= 0.6 is 0 Å². The Hall–Kier alpha value is -1.63. The van der Waals surface area contributed by atoms with E-state index in [-0.39, 0.29) is 35.6 Å². The van der Waals surface area contributed by atoms with Crippen molar-refractivity contribution in [3.63, 3.8) is 0 Å². The van der Waals surface area contributed by atoms with Crippen molar-refractivity contribution >= 4 is 6.29 Å². The van der Waals surface area contributed by atoms with Crippen molar-refractivity contribution in [1.29, 1.82) is 0 Å².